The molecule has 0 saturated carbocycles. The third-order valence-electron chi connectivity index (χ3n) is 3.28. The van der Waals surface area contributed by atoms with Crippen molar-refractivity contribution in [1.29, 1.82) is 0 Å². The van der Waals surface area contributed by atoms with E-state index in [0.29, 0.717) is 0 Å². The predicted octanol–water partition coefficient (Wildman–Crippen LogP) is 4.34. The summed E-state index contributed by atoms with van der Waals surface area (Å²) in [6.45, 7) is 13.2. The zero-order valence-corrected chi connectivity index (χ0v) is 12.2. The van der Waals surface area contributed by atoms with Crippen LogP contribution in [0.3, 0.4) is 0 Å². The second-order valence-corrected chi connectivity index (χ2v) is 10.6. The summed E-state index contributed by atoms with van der Waals surface area (Å²) in [5.74, 6) is 0. The molecule has 1 rings (SSSR count). The van der Waals surface area contributed by atoms with E-state index in [1.54, 1.807) is 0 Å². The van der Waals surface area contributed by atoms with Crippen molar-refractivity contribution in [1.82, 2.24) is 0 Å². The van der Waals surface area contributed by atoms with Gasteiger partial charge in [-0.05, 0) is 37.2 Å². The van der Waals surface area contributed by atoms with Crippen LogP contribution in [-0.2, 0) is 4.53 Å². The zero-order valence-electron chi connectivity index (χ0n) is 11.2. The van der Waals surface area contributed by atoms with Crippen molar-refractivity contribution >= 4 is 14.0 Å². The fourth-order valence-corrected chi connectivity index (χ4v) is 1.64. The topological polar surface area (TPSA) is 21.3 Å². The Hall–Kier alpha value is -0.803. The standard InChI is InChI=1S/C13H23NOSi/c1-11-7-9-12(10-8-11)14-15-16(5,6)13(2,3)4/h7-10,14H,1-6H3. The molecule has 0 unspecified atom stereocenters. The Bertz CT molecular complexity index is 338. The van der Waals surface area contributed by atoms with Gasteiger partial charge in [0, 0.05) is 0 Å². The van der Waals surface area contributed by atoms with E-state index in [-0.39, 0.29) is 5.04 Å². The first-order valence-corrected chi connectivity index (χ1v) is 8.64. The summed E-state index contributed by atoms with van der Waals surface area (Å²) in [4.78, 5) is 0. The molecule has 0 aliphatic heterocycles. The van der Waals surface area contributed by atoms with Crippen LogP contribution in [0, 0.1) is 6.92 Å². The van der Waals surface area contributed by atoms with Gasteiger partial charge in [0.05, 0.1) is 5.69 Å². The van der Waals surface area contributed by atoms with Crippen LogP contribution in [0.4, 0.5) is 5.69 Å². The molecule has 0 aromatic heterocycles. The average Bonchev–Trinajstić information content (AvgIpc) is 2.15. The molecule has 0 heterocycles. The van der Waals surface area contributed by atoms with Crippen LogP contribution in [0.2, 0.25) is 18.1 Å². The molecule has 0 aliphatic carbocycles. The number of nitrogens with one attached hydrogen (secondary N) is 1. The van der Waals surface area contributed by atoms with Gasteiger partial charge in [-0.2, -0.15) is 0 Å². The Morgan fingerprint density at radius 3 is 2.00 bits per heavy atom. The maximum Gasteiger partial charge on any atom is 0.228 e. The molecule has 2 nitrogen and oxygen atoms in total. The van der Waals surface area contributed by atoms with Gasteiger partial charge in [0.15, 0.2) is 0 Å². The van der Waals surface area contributed by atoms with E-state index in [9.17, 15) is 0 Å². The molecule has 0 saturated heterocycles. The zero-order chi connectivity index (χ0) is 12.4. The van der Waals surface area contributed by atoms with Gasteiger partial charge in [-0.25, -0.2) is 0 Å². The van der Waals surface area contributed by atoms with Gasteiger partial charge in [0.1, 0.15) is 0 Å². The van der Waals surface area contributed by atoms with Gasteiger partial charge < -0.3 is 4.53 Å². The Morgan fingerprint density at radius 2 is 1.56 bits per heavy atom. The fraction of sp³-hybridized carbons (Fsp3) is 0.538. The molecule has 1 aromatic carbocycles. The molecule has 0 atom stereocenters. The van der Waals surface area contributed by atoms with Gasteiger partial charge in [0.2, 0.25) is 8.32 Å². The molecule has 3 heteroatoms. The third-order valence-corrected chi connectivity index (χ3v) is 7.51. The maximum atomic E-state index is 5.91. The molecule has 0 bridgehead atoms. The Labute approximate surface area is 100 Å². The second kappa shape index (κ2) is 4.59. The highest BCUT2D eigenvalue weighted by Gasteiger charge is 2.38. The smallest absolute Gasteiger partial charge is 0.228 e. The Kier molecular flexibility index (Phi) is 3.81. The van der Waals surface area contributed by atoms with Crippen molar-refractivity contribution < 1.29 is 4.53 Å². The molecule has 0 fully saturated rings. The number of aryl methyl sites for hydroxylation is 1. The van der Waals surface area contributed by atoms with Gasteiger partial charge in [-0.3, -0.25) is 5.48 Å². The van der Waals surface area contributed by atoms with Gasteiger partial charge in [-0.1, -0.05) is 38.5 Å². The lowest BCUT2D eigenvalue weighted by atomic mass is 10.2. The minimum Gasteiger partial charge on any atom is -0.322 e. The highest BCUT2D eigenvalue weighted by atomic mass is 28.4. The van der Waals surface area contributed by atoms with Crippen molar-refractivity contribution in [2.75, 3.05) is 5.48 Å². The van der Waals surface area contributed by atoms with Crippen LogP contribution in [0.15, 0.2) is 24.3 Å². The second-order valence-electron chi connectivity index (χ2n) is 5.83. The van der Waals surface area contributed by atoms with E-state index in [1.165, 1.54) is 5.56 Å². The van der Waals surface area contributed by atoms with Crippen molar-refractivity contribution in [2.24, 2.45) is 0 Å². The van der Waals surface area contributed by atoms with E-state index in [4.69, 9.17) is 4.53 Å². The first-order chi connectivity index (χ1) is 7.22. The molecule has 0 amide bonds. The van der Waals surface area contributed by atoms with Crippen molar-refractivity contribution in [3.8, 4) is 0 Å². The minimum atomic E-state index is -1.71. The van der Waals surface area contributed by atoms with Crippen LogP contribution in [0.5, 0.6) is 0 Å². The number of hydrogen-bond acceptors (Lipinski definition) is 2. The Balaban J connectivity index is 2.61. The molecular weight excluding hydrogens is 214 g/mol. The van der Waals surface area contributed by atoms with Crippen molar-refractivity contribution in [3.63, 3.8) is 0 Å². The first kappa shape index (κ1) is 13.3. The normalized spacial score (nSPS) is 12.6. The van der Waals surface area contributed by atoms with Crippen LogP contribution >= 0.6 is 0 Å². The number of hydrogen-bond donors (Lipinski definition) is 1. The summed E-state index contributed by atoms with van der Waals surface area (Å²) in [7, 11) is -1.71. The average molecular weight is 237 g/mol. The van der Waals surface area contributed by atoms with E-state index in [2.05, 4.69) is 58.4 Å². The summed E-state index contributed by atoms with van der Waals surface area (Å²) < 4.78 is 5.91. The van der Waals surface area contributed by atoms with Crippen LogP contribution in [-0.4, -0.2) is 8.32 Å². The van der Waals surface area contributed by atoms with Crippen LogP contribution in [0.25, 0.3) is 0 Å². The van der Waals surface area contributed by atoms with Gasteiger partial charge >= 0.3 is 0 Å². The van der Waals surface area contributed by atoms with E-state index in [1.807, 2.05) is 12.1 Å². The molecule has 0 aliphatic rings. The quantitative estimate of drug-likeness (QED) is 0.623. The summed E-state index contributed by atoms with van der Waals surface area (Å²) in [5.41, 5.74) is 5.37. The fourth-order valence-electron chi connectivity index (χ4n) is 0.961. The van der Waals surface area contributed by atoms with Crippen LogP contribution < -0.4 is 5.48 Å². The summed E-state index contributed by atoms with van der Waals surface area (Å²) in [6.07, 6.45) is 0. The third kappa shape index (κ3) is 3.35. The maximum absolute atomic E-state index is 5.91. The number of rotatable bonds is 3. The van der Waals surface area contributed by atoms with E-state index >= 15 is 0 Å². The first-order valence-electron chi connectivity index (χ1n) is 5.73. The summed E-state index contributed by atoms with van der Waals surface area (Å²) >= 11 is 0. The van der Waals surface area contributed by atoms with Crippen LogP contribution in [0.1, 0.15) is 26.3 Å². The summed E-state index contributed by atoms with van der Waals surface area (Å²) in [6, 6.07) is 8.25. The molecule has 1 N–H and O–H groups in total. The van der Waals surface area contributed by atoms with Crippen molar-refractivity contribution in [2.45, 2.75) is 45.8 Å². The lowest BCUT2D eigenvalue weighted by Gasteiger charge is -2.35. The summed E-state index contributed by atoms with van der Waals surface area (Å²) in [5, 5.41) is 0.227. The number of anilines is 1. The molecule has 90 valence electrons. The predicted molar refractivity (Wildman–Crippen MR) is 73.1 cm³/mol. The molecular formula is C13H23NOSi. The lowest BCUT2D eigenvalue weighted by Crippen LogP contribution is -2.42. The molecule has 0 spiro atoms. The van der Waals surface area contributed by atoms with E-state index < -0.39 is 8.32 Å². The Morgan fingerprint density at radius 1 is 1.06 bits per heavy atom. The van der Waals surface area contributed by atoms with Gasteiger partial charge in [-0.15, -0.1) is 0 Å². The lowest BCUT2D eigenvalue weighted by molar-refractivity contribution is 0.365. The molecule has 16 heavy (non-hydrogen) atoms. The molecule has 1 aromatic rings. The number of benzene rings is 1. The SMILES string of the molecule is Cc1ccc(NO[Si](C)(C)C(C)(C)C)cc1. The largest absolute Gasteiger partial charge is 0.322 e. The highest BCUT2D eigenvalue weighted by molar-refractivity contribution is 6.74. The van der Waals surface area contributed by atoms with Gasteiger partial charge in [0.25, 0.3) is 0 Å². The minimum absolute atomic E-state index is 0.227. The highest BCUT2D eigenvalue weighted by Crippen LogP contribution is 2.36. The van der Waals surface area contributed by atoms with Crippen molar-refractivity contribution in [3.05, 3.63) is 29.8 Å². The molecule has 0 radical (unpaired) electrons. The van der Waals surface area contributed by atoms with E-state index in [0.717, 1.165) is 5.69 Å². The monoisotopic (exact) mass is 237 g/mol.